The summed E-state index contributed by atoms with van der Waals surface area (Å²) in [6.07, 6.45) is 2.33. The molecule has 1 saturated heterocycles. The van der Waals surface area contributed by atoms with E-state index in [9.17, 15) is 9.18 Å². The van der Waals surface area contributed by atoms with Crippen LogP contribution >= 0.6 is 0 Å². The smallest absolute Gasteiger partial charge is 0.242 e. The Hall–Kier alpha value is -2.31. The molecular weight excluding hydrogens is 271 g/mol. The van der Waals surface area contributed by atoms with Crippen LogP contribution in [-0.4, -0.2) is 16.9 Å². The summed E-state index contributed by atoms with van der Waals surface area (Å²) in [6, 6.07) is 11.0. The summed E-state index contributed by atoms with van der Waals surface area (Å²) in [4.78, 5) is 16.4. The molecule has 0 radical (unpaired) electrons. The molecule has 1 aliphatic heterocycles. The predicted molar refractivity (Wildman–Crippen MR) is 76.7 cm³/mol. The van der Waals surface area contributed by atoms with Crippen LogP contribution in [0.2, 0.25) is 0 Å². The van der Waals surface area contributed by atoms with Crippen LogP contribution in [-0.2, 0) is 4.79 Å². The highest BCUT2D eigenvalue weighted by molar-refractivity contribution is 5.95. The summed E-state index contributed by atoms with van der Waals surface area (Å²) in [6.45, 7) is 0. The molecule has 0 saturated carbocycles. The van der Waals surface area contributed by atoms with Gasteiger partial charge in [-0.15, -0.1) is 0 Å². The van der Waals surface area contributed by atoms with Crippen LogP contribution in [0, 0.1) is 5.82 Å². The second-order valence-electron chi connectivity index (χ2n) is 4.88. The Labute approximate surface area is 121 Å². The number of anilines is 1. The topological polar surface area (TPSA) is 66.0 Å². The molecular formula is C15H15FN4O. The molecule has 1 aromatic heterocycles. The maximum Gasteiger partial charge on any atom is 0.242 e. The molecule has 1 fully saturated rings. The van der Waals surface area contributed by atoms with Crippen molar-refractivity contribution in [1.29, 1.82) is 0 Å². The fourth-order valence-corrected chi connectivity index (χ4v) is 2.27. The summed E-state index contributed by atoms with van der Waals surface area (Å²) < 4.78 is 12.8. The molecule has 5 nitrogen and oxygen atoms in total. The first-order chi connectivity index (χ1) is 10.2. The highest BCUT2D eigenvalue weighted by Crippen LogP contribution is 2.21. The molecule has 0 bridgehead atoms. The number of hydrazine groups is 1. The van der Waals surface area contributed by atoms with E-state index in [4.69, 9.17) is 0 Å². The lowest BCUT2D eigenvalue weighted by Crippen LogP contribution is -2.39. The highest BCUT2D eigenvalue weighted by atomic mass is 19.1. The Morgan fingerprint density at radius 1 is 1.19 bits per heavy atom. The zero-order valence-corrected chi connectivity index (χ0v) is 11.2. The van der Waals surface area contributed by atoms with Gasteiger partial charge in [0.15, 0.2) is 0 Å². The van der Waals surface area contributed by atoms with Gasteiger partial charge in [0.25, 0.3) is 0 Å². The molecule has 6 heteroatoms. The summed E-state index contributed by atoms with van der Waals surface area (Å²) >= 11 is 0. The van der Waals surface area contributed by atoms with Crippen molar-refractivity contribution in [3.05, 3.63) is 60.2 Å². The Morgan fingerprint density at radius 3 is 2.71 bits per heavy atom. The van der Waals surface area contributed by atoms with Gasteiger partial charge in [-0.3, -0.25) is 9.78 Å². The molecule has 2 aromatic rings. The lowest BCUT2D eigenvalue weighted by molar-refractivity contribution is -0.117. The van der Waals surface area contributed by atoms with Crippen molar-refractivity contribution in [3.8, 4) is 0 Å². The predicted octanol–water partition coefficient (Wildman–Crippen LogP) is 1.77. The van der Waals surface area contributed by atoms with Crippen LogP contribution in [0.15, 0.2) is 48.7 Å². The van der Waals surface area contributed by atoms with E-state index < -0.39 is 0 Å². The number of aromatic nitrogens is 1. The van der Waals surface area contributed by atoms with Gasteiger partial charge in [-0.1, -0.05) is 6.07 Å². The molecule has 1 aromatic carbocycles. The van der Waals surface area contributed by atoms with Gasteiger partial charge < -0.3 is 5.32 Å². The largest absolute Gasteiger partial charge is 0.325 e. The summed E-state index contributed by atoms with van der Waals surface area (Å²) in [5, 5.41) is 2.75. The maximum absolute atomic E-state index is 12.8. The third-order valence-electron chi connectivity index (χ3n) is 3.38. The maximum atomic E-state index is 12.8. The average molecular weight is 286 g/mol. The third kappa shape index (κ3) is 3.24. The highest BCUT2D eigenvalue weighted by Gasteiger charge is 2.30. The summed E-state index contributed by atoms with van der Waals surface area (Å²) in [5.41, 5.74) is 7.49. The van der Waals surface area contributed by atoms with Crippen molar-refractivity contribution in [2.45, 2.75) is 18.5 Å². The monoisotopic (exact) mass is 286 g/mol. The number of nitrogens with one attached hydrogen (secondary N) is 3. The molecule has 1 aliphatic rings. The van der Waals surface area contributed by atoms with Gasteiger partial charge in [-0.25, -0.2) is 15.2 Å². The van der Waals surface area contributed by atoms with Crippen LogP contribution in [0.25, 0.3) is 0 Å². The molecule has 1 amide bonds. The van der Waals surface area contributed by atoms with Crippen molar-refractivity contribution in [2.75, 3.05) is 5.32 Å². The van der Waals surface area contributed by atoms with E-state index in [2.05, 4.69) is 21.2 Å². The van der Waals surface area contributed by atoms with Crippen molar-refractivity contribution in [3.63, 3.8) is 0 Å². The molecule has 3 N–H and O–H groups in total. The summed E-state index contributed by atoms with van der Waals surface area (Å²) in [5.74, 6) is -0.489. The first-order valence-electron chi connectivity index (χ1n) is 6.71. The Kier molecular flexibility index (Phi) is 3.89. The lowest BCUT2D eigenvalue weighted by Gasteiger charge is -2.10. The molecule has 21 heavy (non-hydrogen) atoms. The molecule has 108 valence electrons. The van der Waals surface area contributed by atoms with Gasteiger partial charge in [0.05, 0.1) is 11.7 Å². The number of carbonyl (C=O) groups excluding carboxylic acids is 1. The number of carbonyl (C=O) groups is 1. The van der Waals surface area contributed by atoms with Crippen LogP contribution in [0.4, 0.5) is 10.1 Å². The second kappa shape index (κ2) is 5.99. The second-order valence-corrected chi connectivity index (χ2v) is 4.88. The number of amides is 1. The van der Waals surface area contributed by atoms with Crippen molar-refractivity contribution >= 4 is 11.6 Å². The zero-order chi connectivity index (χ0) is 14.7. The average Bonchev–Trinajstić information content (AvgIpc) is 3.00. The molecule has 0 aliphatic carbocycles. The third-order valence-corrected chi connectivity index (χ3v) is 3.38. The van der Waals surface area contributed by atoms with Gasteiger partial charge in [0.1, 0.15) is 11.9 Å². The van der Waals surface area contributed by atoms with Gasteiger partial charge in [0, 0.05) is 11.9 Å². The van der Waals surface area contributed by atoms with E-state index in [1.807, 2.05) is 18.2 Å². The van der Waals surface area contributed by atoms with Crippen molar-refractivity contribution in [2.24, 2.45) is 0 Å². The quantitative estimate of drug-likeness (QED) is 0.804. The zero-order valence-electron chi connectivity index (χ0n) is 11.2. The number of halogens is 1. The van der Waals surface area contributed by atoms with Crippen molar-refractivity contribution in [1.82, 2.24) is 15.8 Å². The number of hydrogen-bond donors (Lipinski definition) is 3. The van der Waals surface area contributed by atoms with E-state index in [1.165, 1.54) is 24.3 Å². The van der Waals surface area contributed by atoms with Gasteiger partial charge in [0.2, 0.25) is 5.91 Å². The van der Waals surface area contributed by atoms with E-state index in [-0.39, 0.29) is 23.8 Å². The summed E-state index contributed by atoms with van der Waals surface area (Å²) in [7, 11) is 0. The van der Waals surface area contributed by atoms with Crippen LogP contribution in [0.3, 0.4) is 0 Å². The Bertz CT molecular complexity index is 617. The number of nitrogens with zero attached hydrogens (tertiary/aromatic N) is 1. The SMILES string of the molecule is O=C(Nc1ccc(F)cc1)C1CC(c2ccccn2)NN1. The molecule has 0 spiro atoms. The minimum Gasteiger partial charge on any atom is -0.325 e. The van der Waals surface area contributed by atoms with E-state index in [0.717, 1.165) is 5.69 Å². The van der Waals surface area contributed by atoms with Crippen molar-refractivity contribution < 1.29 is 9.18 Å². The number of benzene rings is 1. The number of rotatable bonds is 3. The molecule has 2 unspecified atom stereocenters. The number of hydrogen-bond acceptors (Lipinski definition) is 4. The van der Waals surface area contributed by atoms with Crippen LogP contribution in [0.1, 0.15) is 18.2 Å². The minimum atomic E-state index is -0.359. The fraction of sp³-hybridized carbons (Fsp3) is 0.200. The van der Waals surface area contributed by atoms with E-state index in [0.29, 0.717) is 12.1 Å². The Balaban J connectivity index is 1.61. The first kappa shape index (κ1) is 13.7. The number of pyridine rings is 1. The van der Waals surface area contributed by atoms with E-state index in [1.54, 1.807) is 6.20 Å². The normalized spacial score (nSPS) is 21.2. The molecule has 2 heterocycles. The van der Waals surface area contributed by atoms with E-state index >= 15 is 0 Å². The first-order valence-corrected chi connectivity index (χ1v) is 6.71. The van der Waals surface area contributed by atoms with Gasteiger partial charge >= 0.3 is 0 Å². The van der Waals surface area contributed by atoms with Gasteiger partial charge in [-0.2, -0.15) is 0 Å². The lowest BCUT2D eigenvalue weighted by atomic mass is 10.1. The van der Waals surface area contributed by atoms with Crippen LogP contribution in [0.5, 0.6) is 0 Å². The molecule has 3 rings (SSSR count). The standard InChI is InChI=1S/C15H15FN4O/c16-10-4-6-11(7-5-10)18-15(21)14-9-13(19-20-14)12-3-1-2-8-17-12/h1-8,13-14,19-20H,9H2,(H,18,21). The van der Waals surface area contributed by atoms with Crippen LogP contribution < -0.4 is 16.2 Å². The Morgan fingerprint density at radius 2 is 2.00 bits per heavy atom. The fourth-order valence-electron chi connectivity index (χ4n) is 2.27. The molecule has 2 atom stereocenters. The minimum absolute atomic E-state index is 0.00447. The van der Waals surface area contributed by atoms with Gasteiger partial charge in [-0.05, 0) is 42.8 Å².